The Morgan fingerprint density at radius 3 is 2.06 bits per heavy atom. The third kappa shape index (κ3) is 3.56. The first-order chi connectivity index (χ1) is 15.5. The van der Waals surface area contributed by atoms with Crippen LogP contribution >= 0.6 is 11.3 Å². The summed E-state index contributed by atoms with van der Waals surface area (Å²) in [5.74, 6) is -0.501. The van der Waals surface area contributed by atoms with E-state index < -0.39 is 5.92 Å². The van der Waals surface area contributed by atoms with Crippen molar-refractivity contribution in [1.82, 2.24) is 4.57 Å². The Morgan fingerprint density at radius 2 is 1.53 bits per heavy atom. The number of benzene rings is 2. The molecule has 4 rings (SSSR count). The normalized spacial score (nSPS) is 15.9. The van der Waals surface area contributed by atoms with Gasteiger partial charge in [0, 0.05) is 0 Å². The second-order valence-electron chi connectivity index (χ2n) is 7.62. The predicted molar refractivity (Wildman–Crippen MR) is 128 cm³/mol. The zero-order valence-electron chi connectivity index (χ0n) is 17.9. The number of hydrogen-bond acceptors (Lipinski definition) is 5. The van der Waals surface area contributed by atoms with E-state index in [0.29, 0.717) is 14.8 Å². The van der Waals surface area contributed by atoms with Gasteiger partial charge in [-0.1, -0.05) is 62.4 Å². The highest BCUT2D eigenvalue weighted by atomic mass is 32.1. The van der Waals surface area contributed by atoms with Crippen molar-refractivity contribution < 1.29 is 0 Å². The number of hydrogen-bond donors (Lipinski definition) is 1. The smallest absolute Gasteiger partial charge is 0.274 e. The van der Waals surface area contributed by atoms with Crippen LogP contribution in [0.3, 0.4) is 0 Å². The summed E-state index contributed by atoms with van der Waals surface area (Å²) >= 11 is 1.23. The summed E-state index contributed by atoms with van der Waals surface area (Å²) in [4.78, 5) is 13.2. The Bertz CT molecular complexity index is 1470. The molecule has 0 saturated heterocycles. The Labute approximate surface area is 190 Å². The van der Waals surface area contributed by atoms with Crippen molar-refractivity contribution in [3.05, 3.63) is 95.9 Å². The topological polar surface area (TPSA) is 95.6 Å². The molecule has 6 heteroatoms. The van der Waals surface area contributed by atoms with Crippen LogP contribution in [0.1, 0.15) is 42.0 Å². The van der Waals surface area contributed by atoms with Crippen LogP contribution in [0.2, 0.25) is 0 Å². The van der Waals surface area contributed by atoms with Gasteiger partial charge in [0.1, 0.15) is 10.5 Å². The number of thiazole rings is 1. The van der Waals surface area contributed by atoms with Crippen molar-refractivity contribution in [2.24, 2.45) is 5.73 Å². The lowest BCUT2D eigenvalue weighted by Gasteiger charge is -2.22. The highest BCUT2D eigenvalue weighted by Crippen LogP contribution is 2.35. The van der Waals surface area contributed by atoms with E-state index in [2.05, 4.69) is 26.0 Å². The lowest BCUT2D eigenvalue weighted by atomic mass is 9.84. The van der Waals surface area contributed by atoms with Gasteiger partial charge in [-0.05, 0) is 41.2 Å². The summed E-state index contributed by atoms with van der Waals surface area (Å²) < 4.78 is 2.26. The number of nitrogens with zero attached hydrogens (tertiary/aromatic N) is 3. The van der Waals surface area contributed by atoms with Crippen LogP contribution in [0.4, 0.5) is 0 Å². The second-order valence-corrected chi connectivity index (χ2v) is 8.65. The zero-order chi connectivity index (χ0) is 22.8. The van der Waals surface area contributed by atoms with Crippen molar-refractivity contribution in [3.63, 3.8) is 0 Å². The van der Waals surface area contributed by atoms with Crippen LogP contribution in [0, 0.1) is 22.7 Å². The molecule has 0 aliphatic carbocycles. The summed E-state index contributed by atoms with van der Waals surface area (Å²) in [6, 6.07) is 20.2. The van der Waals surface area contributed by atoms with Gasteiger partial charge < -0.3 is 5.73 Å². The van der Waals surface area contributed by atoms with E-state index in [1.165, 1.54) is 21.5 Å². The number of aryl methyl sites for hydroxylation is 2. The first kappa shape index (κ1) is 21.4. The van der Waals surface area contributed by atoms with E-state index in [0.717, 1.165) is 29.5 Å². The molecule has 0 fully saturated rings. The van der Waals surface area contributed by atoms with Gasteiger partial charge in [-0.15, -0.1) is 11.3 Å². The van der Waals surface area contributed by atoms with E-state index in [9.17, 15) is 15.3 Å². The molecule has 0 saturated carbocycles. The molecule has 5 nitrogen and oxygen atoms in total. The first-order valence-corrected chi connectivity index (χ1v) is 11.3. The second kappa shape index (κ2) is 8.70. The van der Waals surface area contributed by atoms with Crippen molar-refractivity contribution in [3.8, 4) is 12.1 Å². The fraction of sp³-hybridized carbons (Fsp3) is 0.192. The first-order valence-electron chi connectivity index (χ1n) is 10.5. The maximum absolute atomic E-state index is 13.2. The van der Waals surface area contributed by atoms with Crippen molar-refractivity contribution >= 4 is 28.8 Å². The Balaban J connectivity index is 1.97. The largest absolute Gasteiger partial charge is 0.384 e. The molecule has 2 aromatic carbocycles. The lowest BCUT2D eigenvalue weighted by molar-refractivity contribution is 0.905. The quantitative estimate of drug-likeness (QED) is 0.677. The molecule has 1 aliphatic heterocycles. The van der Waals surface area contributed by atoms with E-state index >= 15 is 0 Å². The number of nitrogens with two attached hydrogens (primary N) is 1. The molecule has 0 bridgehead atoms. The summed E-state index contributed by atoms with van der Waals surface area (Å²) in [7, 11) is 0. The highest BCUT2D eigenvalue weighted by molar-refractivity contribution is 7.07. The molecule has 0 spiro atoms. The van der Waals surface area contributed by atoms with Gasteiger partial charge in [-0.3, -0.25) is 9.36 Å². The van der Waals surface area contributed by atoms with Crippen molar-refractivity contribution in [1.29, 1.82) is 10.5 Å². The third-order valence-corrected chi connectivity index (χ3v) is 6.90. The van der Waals surface area contributed by atoms with E-state index in [4.69, 9.17) is 5.73 Å². The van der Waals surface area contributed by atoms with Crippen LogP contribution in [-0.4, -0.2) is 4.57 Å². The lowest BCUT2D eigenvalue weighted by Crippen LogP contribution is -2.38. The van der Waals surface area contributed by atoms with Crippen LogP contribution in [-0.2, 0) is 12.8 Å². The molecule has 2 N–H and O–H groups in total. The molecule has 2 heterocycles. The summed E-state index contributed by atoms with van der Waals surface area (Å²) in [6.07, 6.45) is 3.64. The van der Waals surface area contributed by atoms with Gasteiger partial charge in [-0.2, -0.15) is 10.5 Å². The number of aromatic nitrogens is 1. The standard InChI is InChI=1S/C26H22N4OS/c1-3-16-5-7-18(8-6-16)13-22-25(31)30-24(29)20(14-27)23(21(15-28)26(30)32-22)19-11-9-17(4-2)10-12-19/h5-13,23H,3-4,29H2,1-2H3/t23-/m0/s1. The fourth-order valence-corrected chi connectivity index (χ4v) is 5.06. The van der Waals surface area contributed by atoms with E-state index in [-0.39, 0.29) is 17.0 Å². The predicted octanol–water partition coefficient (Wildman–Crippen LogP) is 2.99. The molecule has 1 aliphatic rings. The minimum Gasteiger partial charge on any atom is -0.384 e. The monoisotopic (exact) mass is 438 g/mol. The maximum atomic E-state index is 13.2. The molecule has 3 aromatic rings. The molecular weight excluding hydrogens is 416 g/mol. The molecule has 0 amide bonds. The fourth-order valence-electron chi connectivity index (χ4n) is 3.93. The Morgan fingerprint density at radius 1 is 0.969 bits per heavy atom. The Kier molecular flexibility index (Phi) is 5.81. The van der Waals surface area contributed by atoms with Crippen LogP contribution in [0.25, 0.3) is 17.5 Å². The highest BCUT2D eigenvalue weighted by Gasteiger charge is 2.32. The molecule has 1 aromatic heterocycles. The molecule has 32 heavy (non-hydrogen) atoms. The van der Waals surface area contributed by atoms with Crippen LogP contribution < -0.4 is 20.5 Å². The minimum atomic E-state index is -0.592. The average Bonchev–Trinajstić information content (AvgIpc) is 3.15. The van der Waals surface area contributed by atoms with Gasteiger partial charge in [-0.25, -0.2) is 0 Å². The molecule has 0 radical (unpaired) electrons. The van der Waals surface area contributed by atoms with Gasteiger partial charge >= 0.3 is 0 Å². The van der Waals surface area contributed by atoms with E-state index in [1.54, 1.807) is 6.08 Å². The van der Waals surface area contributed by atoms with Crippen molar-refractivity contribution in [2.45, 2.75) is 32.6 Å². The number of allylic oxidation sites excluding steroid dienone is 1. The minimum absolute atomic E-state index is 0.0910. The maximum Gasteiger partial charge on any atom is 0.274 e. The van der Waals surface area contributed by atoms with E-state index in [1.807, 2.05) is 48.5 Å². The number of fused-ring (bicyclic) bond motifs is 1. The Hall–Kier alpha value is -3.87. The van der Waals surface area contributed by atoms with Crippen molar-refractivity contribution in [2.75, 3.05) is 0 Å². The van der Waals surface area contributed by atoms with Gasteiger partial charge in [0.2, 0.25) is 0 Å². The van der Waals surface area contributed by atoms with Gasteiger partial charge in [0.05, 0.1) is 33.7 Å². The molecule has 0 unspecified atom stereocenters. The summed E-state index contributed by atoms with van der Waals surface area (Å²) in [5, 5.41) is 19.9. The zero-order valence-corrected chi connectivity index (χ0v) is 18.7. The average molecular weight is 439 g/mol. The molecular formula is C26H22N4OS. The summed E-state index contributed by atoms with van der Waals surface area (Å²) in [5.41, 5.74) is 10.7. The van der Waals surface area contributed by atoms with Crippen LogP contribution in [0.15, 0.2) is 58.9 Å². The number of nitriles is 2. The number of rotatable bonds is 4. The SMILES string of the molecule is CCc1ccc(C=c2sc3n(c2=O)C(N)=C(C#N)[C@H](c2ccc(CC)cc2)C=3C#N)cc1. The third-order valence-electron chi connectivity index (χ3n) is 5.80. The summed E-state index contributed by atoms with van der Waals surface area (Å²) in [6.45, 7) is 4.16. The van der Waals surface area contributed by atoms with Crippen LogP contribution in [0.5, 0.6) is 0 Å². The molecule has 1 atom stereocenters. The van der Waals surface area contributed by atoms with Gasteiger partial charge in [0.15, 0.2) is 0 Å². The van der Waals surface area contributed by atoms with Gasteiger partial charge in [0.25, 0.3) is 5.56 Å². The molecule has 158 valence electrons.